The summed E-state index contributed by atoms with van der Waals surface area (Å²) in [4.78, 5) is 22.3. The lowest BCUT2D eigenvalue weighted by molar-refractivity contribution is -0.138. The van der Waals surface area contributed by atoms with E-state index < -0.39 is 5.97 Å². The quantitative estimate of drug-likeness (QED) is 0.682. The summed E-state index contributed by atoms with van der Waals surface area (Å²) in [5.74, 6) is -1.04. The molecular weight excluding hydrogens is 244 g/mol. The molecule has 0 aliphatic heterocycles. The van der Waals surface area contributed by atoms with E-state index in [1.54, 1.807) is 6.92 Å². The molecule has 0 fully saturated rings. The molecule has 19 heavy (non-hydrogen) atoms. The van der Waals surface area contributed by atoms with E-state index in [4.69, 9.17) is 10.8 Å². The summed E-state index contributed by atoms with van der Waals surface area (Å²) < 4.78 is 0. The third-order valence-electron chi connectivity index (χ3n) is 2.86. The number of rotatable bonds is 7. The smallest absolute Gasteiger partial charge is 0.303 e. The Bertz CT molecular complexity index is 446. The van der Waals surface area contributed by atoms with Crippen LogP contribution in [0.2, 0.25) is 0 Å². The molecule has 0 aliphatic rings. The number of carbonyl (C=O) groups is 2. The van der Waals surface area contributed by atoms with Crippen molar-refractivity contribution in [3.63, 3.8) is 0 Å². The minimum Gasteiger partial charge on any atom is -0.481 e. The standard InChI is InChI=1S/C14H20N2O3/c1-10(6-14(18)19)9-16-13(17)7-11-4-2-3-5-12(11)8-15/h2-5,10H,6-9,15H2,1H3,(H,16,17)(H,18,19). The summed E-state index contributed by atoms with van der Waals surface area (Å²) in [5, 5.41) is 11.4. The van der Waals surface area contributed by atoms with Crippen LogP contribution < -0.4 is 11.1 Å². The van der Waals surface area contributed by atoms with Crippen LogP contribution in [0.15, 0.2) is 24.3 Å². The largest absolute Gasteiger partial charge is 0.481 e. The Morgan fingerprint density at radius 3 is 2.53 bits per heavy atom. The SMILES string of the molecule is CC(CNC(=O)Cc1ccccc1CN)CC(=O)O. The topological polar surface area (TPSA) is 92.4 Å². The zero-order valence-corrected chi connectivity index (χ0v) is 11.1. The van der Waals surface area contributed by atoms with E-state index in [9.17, 15) is 9.59 Å². The van der Waals surface area contributed by atoms with Gasteiger partial charge in [-0.1, -0.05) is 31.2 Å². The molecule has 1 unspecified atom stereocenters. The summed E-state index contributed by atoms with van der Waals surface area (Å²) in [6, 6.07) is 7.53. The molecule has 0 aliphatic carbocycles. The summed E-state index contributed by atoms with van der Waals surface area (Å²) in [6.07, 6.45) is 0.326. The predicted molar refractivity (Wildman–Crippen MR) is 72.5 cm³/mol. The summed E-state index contributed by atoms with van der Waals surface area (Å²) in [6.45, 7) is 2.57. The Hall–Kier alpha value is -1.88. The van der Waals surface area contributed by atoms with Crippen molar-refractivity contribution in [3.8, 4) is 0 Å². The van der Waals surface area contributed by atoms with E-state index in [2.05, 4.69) is 5.32 Å². The van der Waals surface area contributed by atoms with Gasteiger partial charge in [-0.15, -0.1) is 0 Å². The van der Waals surface area contributed by atoms with Crippen molar-refractivity contribution in [1.29, 1.82) is 0 Å². The zero-order chi connectivity index (χ0) is 14.3. The monoisotopic (exact) mass is 264 g/mol. The average molecular weight is 264 g/mol. The highest BCUT2D eigenvalue weighted by atomic mass is 16.4. The van der Waals surface area contributed by atoms with Crippen molar-refractivity contribution in [3.05, 3.63) is 35.4 Å². The number of hydrogen-bond acceptors (Lipinski definition) is 3. The van der Waals surface area contributed by atoms with E-state index in [0.29, 0.717) is 13.1 Å². The third-order valence-corrected chi connectivity index (χ3v) is 2.86. The molecule has 0 spiro atoms. The number of hydrogen-bond donors (Lipinski definition) is 3. The number of nitrogens with one attached hydrogen (secondary N) is 1. The molecule has 0 bridgehead atoms. The molecule has 5 heteroatoms. The Morgan fingerprint density at radius 1 is 1.32 bits per heavy atom. The van der Waals surface area contributed by atoms with Crippen LogP contribution in [0.1, 0.15) is 24.5 Å². The molecule has 0 aromatic heterocycles. The summed E-state index contributed by atoms with van der Waals surface area (Å²) in [7, 11) is 0. The minimum absolute atomic E-state index is 0.0552. The van der Waals surface area contributed by atoms with E-state index in [0.717, 1.165) is 11.1 Å². The lowest BCUT2D eigenvalue weighted by Crippen LogP contribution is -2.30. The van der Waals surface area contributed by atoms with Crippen molar-refractivity contribution >= 4 is 11.9 Å². The van der Waals surface area contributed by atoms with Gasteiger partial charge in [-0.3, -0.25) is 9.59 Å². The molecule has 1 rings (SSSR count). The first-order valence-corrected chi connectivity index (χ1v) is 6.28. The first-order chi connectivity index (χ1) is 9.02. The molecular formula is C14H20N2O3. The van der Waals surface area contributed by atoms with Crippen LogP contribution in [0.4, 0.5) is 0 Å². The van der Waals surface area contributed by atoms with Crippen LogP contribution in [0, 0.1) is 5.92 Å². The maximum absolute atomic E-state index is 11.8. The van der Waals surface area contributed by atoms with Gasteiger partial charge in [0.2, 0.25) is 5.91 Å². The maximum atomic E-state index is 11.8. The van der Waals surface area contributed by atoms with E-state index in [-0.39, 0.29) is 24.7 Å². The van der Waals surface area contributed by atoms with Crippen LogP contribution in [-0.4, -0.2) is 23.5 Å². The van der Waals surface area contributed by atoms with Crippen LogP contribution in [0.25, 0.3) is 0 Å². The highest BCUT2D eigenvalue weighted by Crippen LogP contribution is 2.08. The van der Waals surface area contributed by atoms with Gasteiger partial charge in [0.25, 0.3) is 0 Å². The Morgan fingerprint density at radius 2 is 1.95 bits per heavy atom. The molecule has 0 saturated carbocycles. The first kappa shape index (κ1) is 15.2. The molecule has 0 heterocycles. The molecule has 5 nitrogen and oxygen atoms in total. The first-order valence-electron chi connectivity index (χ1n) is 6.28. The van der Waals surface area contributed by atoms with Crippen LogP contribution in [0.5, 0.6) is 0 Å². The molecule has 1 amide bonds. The van der Waals surface area contributed by atoms with E-state index in [1.807, 2.05) is 24.3 Å². The Kier molecular flexibility index (Phi) is 6.02. The second-order valence-electron chi connectivity index (χ2n) is 4.66. The summed E-state index contributed by atoms with van der Waals surface area (Å²) in [5.41, 5.74) is 7.47. The Labute approximate surface area is 112 Å². The summed E-state index contributed by atoms with van der Waals surface area (Å²) >= 11 is 0. The minimum atomic E-state index is -0.852. The van der Waals surface area contributed by atoms with E-state index >= 15 is 0 Å². The van der Waals surface area contributed by atoms with Gasteiger partial charge in [-0.25, -0.2) is 0 Å². The van der Waals surface area contributed by atoms with Gasteiger partial charge in [-0.2, -0.15) is 0 Å². The number of benzene rings is 1. The normalized spacial score (nSPS) is 11.9. The maximum Gasteiger partial charge on any atom is 0.303 e. The molecule has 0 radical (unpaired) electrons. The van der Waals surface area contributed by atoms with Gasteiger partial charge < -0.3 is 16.2 Å². The second-order valence-corrected chi connectivity index (χ2v) is 4.66. The lowest BCUT2D eigenvalue weighted by Gasteiger charge is -2.11. The fraction of sp³-hybridized carbons (Fsp3) is 0.429. The molecule has 1 atom stereocenters. The number of carboxylic acids is 1. The average Bonchev–Trinajstić information content (AvgIpc) is 2.36. The molecule has 104 valence electrons. The highest BCUT2D eigenvalue weighted by Gasteiger charge is 2.10. The van der Waals surface area contributed by atoms with Gasteiger partial charge in [0.15, 0.2) is 0 Å². The fourth-order valence-electron chi connectivity index (χ4n) is 1.82. The van der Waals surface area contributed by atoms with Crippen molar-refractivity contribution in [1.82, 2.24) is 5.32 Å². The van der Waals surface area contributed by atoms with Crippen LogP contribution in [-0.2, 0) is 22.6 Å². The van der Waals surface area contributed by atoms with Gasteiger partial charge in [0.1, 0.15) is 0 Å². The lowest BCUT2D eigenvalue weighted by atomic mass is 10.0. The third kappa shape index (κ3) is 5.52. The fourth-order valence-corrected chi connectivity index (χ4v) is 1.82. The van der Waals surface area contributed by atoms with Gasteiger partial charge in [0.05, 0.1) is 6.42 Å². The van der Waals surface area contributed by atoms with Crippen LogP contribution >= 0.6 is 0 Å². The number of amides is 1. The van der Waals surface area contributed by atoms with Crippen molar-refractivity contribution in [2.75, 3.05) is 6.54 Å². The number of carboxylic acid groups (broad SMARTS) is 1. The van der Waals surface area contributed by atoms with Crippen LogP contribution in [0.3, 0.4) is 0 Å². The molecule has 1 aromatic rings. The molecule has 4 N–H and O–H groups in total. The number of nitrogens with two attached hydrogens (primary N) is 1. The van der Waals surface area contributed by atoms with E-state index in [1.165, 1.54) is 0 Å². The molecule has 0 saturated heterocycles. The number of aliphatic carboxylic acids is 1. The zero-order valence-electron chi connectivity index (χ0n) is 11.1. The van der Waals surface area contributed by atoms with Crippen molar-refractivity contribution in [2.24, 2.45) is 11.7 Å². The Balaban J connectivity index is 2.45. The van der Waals surface area contributed by atoms with Gasteiger partial charge in [0, 0.05) is 19.5 Å². The molecule has 1 aromatic carbocycles. The van der Waals surface area contributed by atoms with Gasteiger partial charge in [-0.05, 0) is 17.0 Å². The predicted octanol–water partition coefficient (Wildman–Crippen LogP) is 0.915. The highest BCUT2D eigenvalue weighted by molar-refractivity contribution is 5.79. The second kappa shape index (κ2) is 7.53. The number of carbonyl (C=O) groups excluding carboxylic acids is 1. The van der Waals surface area contributed by atoms with Gasteiger partial charge >= 0.3 is 5.97 Å². The van der Waals surface area contributed by atoms with Crippen molar-refractivity contribution < 1.29 is 14.7 Å². The van der Waals surface area contributed by atoms with Crippen molar-refractivity contribution in [2.45, 2.75) is 26.3 Å².